The average Bonchev–Trinajstić information content (AvgIpc) is 2.80. The summed E-state index contributed by atoms with van der Waals surface area (Å²) in [5, 5.41) is 2.82. The zero-order valence-electron chi connectivity index (χ0n) is 18.1. The van der Waals surface area contributed by atoms with Gasteiger partial charge in [-0.05, 0) is 57.0 Å². The van der Waals surface area contributed by atoms with Gasteiger partial charge in [-0.15, -0.1) is 0 Å². The van der Waals surface area contributed by atoms with Crippen LogP contribution in [-0.4, -0.2) is 48.9 Å². The number of aryl methyl sites for hydroxylation is 1. The number of pyridine rings is 1. The van der Waals surface area contributed by atoms with E-state index in [1.165, 1.54) is 39.2 Å². The van der Waals surface area contributed by atoms with E-state index in [0.717, 1.165) is 0 Å². The van der Waals surface area contributed by atoms with Gasteiger partial charge in [0.05, 0.1) is 22.8 Å². The molecular formula is C22H27N3O6S. The van der Waals surface area contributed by atoms with Crippen LogP contribution in [0.4, 0.5) is 5.69 Å². The number of carbonyl (C=O) groups is 2. The summed E-state index contributed by atoms with van der Waals surface area (Å²) in [6, 6.07) is 8.61. The van der Waals surface area contributed by atoms with E-state index in [1.54, 1.807) is 19.2 Å². The number of ether oxygens (including phenoxy) is 1. The number of amides is 1. The number of anilines is 1. The molecule has 0 spiro atoms. The SMILES string of the molecule is CCOC(=O)c1ccc(S(=O)(=O)N2CCC(C(=O)Nc3ccc(=O)n(CC)c3)CC2)cc1. The molecule has 1 saturated heterocycles. The summed E-state index contributed by atoms with van der Waals surface area (Å²) in [6.07, 6.45) is 2.37. The highest BCUT2D eigenvalue weighted by Crippen LogP contribution is 2.25. The second-order valence-electron chi connectivity index (χ2n) is 7.45. The minimum absolute atomic E-state index is 0.0928. The van der Waals surface area contributed by atoms with Crippen molar-refractivity contribution in [3.63, 3.8) is 0 Å². The van der Waals surface area contributed by atoms with Gasteiger partial charge in [-0.2, -0.15) is 4.31 Å². The van der Waals surface area contributed by atoms with Crippen LogP contribution in [0.15, 0.2) is 52.3 Å². The molecule has 0 saturated carbocycles. The molecule has 1 fully saturated rings. The lowest BCUT2D eigenvalue weighted by Gasteiger charge is -2.30. The molecule has 0 radical (unpaired) electrons. The van der Waals surface area contributed by atoms with Gasteiger partial charge in [-0.25, -0.2) is 13.2 Å². The van der Waals surface area contributed by atoms with Gasteiger partial charge >= 0.3 is 5.97 Å². The molecule has 0 atom stereocenters. The minimum Gasteiger partial charge on any atom is -0.462 e. The number of benzene rings is 1. The van der Waals surface area contributed by atoms with Gasteiger partial charge in [0.2, 0.25) is 15.9 Å². The number of nitrogens with zero attached hydrogens (tertiary/aromatic N) is 2. The molecule has 2 heterocycles. The van der Waals surface area contributed by atoms with Crippen molar-refractivity contribution < 1.29 is 22.7 Å². The third kappa shape index (κ3) is 5.25. The molecule has 1 N–H and O–H groups in total. The molecule has 32 heavy (non-hydrogen) atoms. The fourth-order valence-corrected chi connectivity index (χ4v) is 5.05. The first-order chi connectivity index (χ1) is 15.3. The van der Waals surface area contributed by atoms with E-state index in [2.05, 4.69) is 5.32 Å². The molecule has 1 aromatic heterocycles. The van der Waals surface area contributed by atoms with Crippen LogP contribution >= 0.6 is 0 Å². The topological polar surface area (TPSA) is 115 Å². The van der Waals surface area contributed by atoms with Gasteiger partial charge in [0.1, 0.15) is 0 Å². The van der Waals surface area contributed by atoms with Crippen LogP contribution in [0.1, 0.15) is 37.0 Å². The summed E-state index contributed by atoms with van der Waals surface area (Å²) in [5.74, 6) is -1.02. The summed E-state index contributed by atoms with van der Waals surface area (Å²) in [7, 11) is -3.73. The van der Waals surface area contributed by atoms with Crippen molar-refractivity contribution in [2.45, 2.75) is 38.1 Å². The van der Waals surface area contributed by atoms with Crippen molar-refractivity contribution in [1.82, 2.24) is 8.87 Å². The number of hydrogen-bond donors (Lipinski definition) is 1. The van der Waals surface area contributed by atoms with E-state index in [4.69, 9.17) is 4.74 Å². The molecular weight excluding hydrogens is 434 g/mol. The fraction of sp³-hybridized carbons (Fsp3) is 0.409. The lowest BCUT2D eigenvalue weighted by Crippen LogP contribution is -2.41. The van der Waals surface area contributed by atoms with Crippen LogP contribution in [-0.2, 0) is 26.1 Å². The van der Waals surface area contributed by atoms with Crippen LogP contribution < -0.4 is 10.9 Å². The summed E-state index contributed by atoms with van der Waals surface area (Å²) in [4.78, 5) is 36.2. The standard InChI is InChI=1S/C22H27N3O6S/c1-3-24-15-18(7-10-20(24)26)23-21(27)16-11-13-25(14-12-16)32(29,30)19-8-5-17(6-9-19)22(28)31-4-2/h5-10,15-16H,3-4,11-14H2,1-2H3,(H,23,27). The lowest BCUT2D eigenvalue weighted by atomic mass is 9.97. The molecule has 2 aromatic rings. The number of nitrogens with one attached hydrogen (secondary N) is 1. The summed E-state index contributed by atoms with van der Waals surface area (Å²) in [5.41, 5.74) is 0.683. The molecule has 0 aliphatic carbocycles. The number of esters is 1. The van der Waals surface area contributed by atoms with E-state index in [9.17, 15) is 22.8 Å². The van der Waals surface area contributed by atoms with Crippen molar-refractivity contribution in [2.75, 3.05) is 25.0 Å². The molecule has 3 rings (SSSR count). The zero-order valence-corrected chi connectivity index (χ0v) is 18.9. The first kappa shape index (κ1) is 23.7. The van der Waals surface area contributed by atoms with Crippen LogP contribution in [0.5, 0.6) is 0 Å². The quantitative estimate of drug-likeness (QED) is 0.632. The van der Waals surface area contributed by atoms with Crippen LogP contribution in [0, 0.1) is 5.92 Å². The predicted molar refractivity (Wildman–Crippen MR) is 119 cm³/mol. The van der Waals surface area contributed by atoms with Crippen molar-refractivity contribution >= 4 is 27.6 Å². The van der Waals surface area contributed by atoms with E-state index in [-0.39, 0.29) is 47.5 Å². The Morgan fingerprint density at radius 2 is 1.72 bits per heavy atom. The largest absolute Gasteiger partial charge is 0.462 e. The predicted octanol–water partition coefficient (Wildman–Crippen LogP) is 2.08. The maximum Gasteiger partial charge on any atom is 0.338 e. The first-order valence-electron chi connectivity index (χ1n) is 10.5. The number of rotatable bonds is 7. The molecule has 1 aliphatic rings. The Morgan fingerprint density at radius 3 is 2.31 bits per heavy atom. The van der Waals surface area contributed by atoms with Gasteiger partial charge in [-0.1, -0.05) is 0 Å². The lowest BCUT2D eigenvalue weighted by molar-refractivity contribution is -0.120. The fourth-order valence-electron chi connectivity index (χ4n) is 3.58. The highest BCUT2D eigenvalue weighted by atomic mass is 32.2. The second kappa shape index (κ2) is 10.1. The molecule has 1 amide bonds. The number of carbonyl (C=O) groups excluding carboxylic acids is 2. The Bertz CT molecular complexity index is 1130. The summed E-state index contributed by atoms with van der Waals surface area (Å²) in [6.45, 7) is 4.71. The zero-order chi connectivity index (χ0) is 23.3. The number of hydrogen-bond acceptors (Lipinski definition) is 6. The Morgan fingerprint density at radius 1 is 1.06 bits per heavy atom. The third-order valence-corrected chi connectivity index (χ3v) is 7.33. The number of sulfonamides is 1. The molecule has 0 bridgehead atoms. The van der Waals surface area contributed by atoms with Gasteiger partial charge in [0, 0.05) is 37.8 Å². The van der Waals surface area contributed by atoms with E-state index in [1.807, 2.05) is 6.92 Å². The number of aromatic nitrogens is 1. The molecule has 1 aromatic carbocycles. The molecule has 10 heteroatoms. The van der Waals surface area contributed by atoms with Crippen LogP contribution in [0.3, 0.4) is 0 Å². The van der Waals surface area contributed by atoms with Gasteiger partial charge in [0.15, 0.2) is 0 Å². The molecule has 172 valence electrons. The third-order valence-electron chi connectivity index (χ3n) is 5.42. The Kier molecular flexibility index (Phi) is 7.47. The molecule has 9 nitrogen and oxygen atoms in total. The van der Waals surface area contributed by atoms with Crippen molar-refractivity contribution in [1.29, 1.82) is 0 Å². The molecule has 1 aliphatic heterocycles. The van der Waals surface area contributed by atoms with Gasteiger partial charge in [0.25, 0.3) is 5.56 Å². The van der Waals surface area contributed by atoms with Crippen molar-refractivity contribution in [3.05, 3.63) is 58.5 Å². The maximum atomic E-state index is 12.9. The van der Waals surface area contributed by atoms with Crippen molar-refractivity contribution in [3.8, 4) is 0 Å². The Balaban J connectivity index is 1.61. The van der Waals surface area contributed by atoms with Gasteiger partial charge < -0.3 is 14.6 Å². The maximum absolute atomic E-state index is 12.9. The van der Waals surface area contributed by atoms with E-state index in [0.29, 0.717) is 25.1 Å². The number of piperidine rings is 1. The van der Waals surface area contributed by atoms with E-state index >= 15 is 0 Å². The Hall–Kier alpha value is -2.98. The van der Waals surface area contributed by atoms with Gasteiger partial charge in [-0.3, -0.25) is 9.59 Å². The monoisotopic (exact) mass is 461 g/mol. The highest BCUT2D eigenvalue weighted by molar-refractivity contribution is 7.89. The second-order valence-corrected chi connectivity index (χ2v) is 9.39. The van der Waals surface area contributed by atoms with Crippen LogP contribution in [0.2, 0.25) is 0 Å². The minimum atomic E-state index is -3.73. The normalized spacial score (nSPS) is 15.3. The Labute approximate surface area is 187 Å². The summed E-state index contributed by atoms with van der Waals surface area (Å²) < 4.78 is 33.6. The van der Waals surface area contributed by atoms with Crippen LogP contribution in [0.25, 0.3) is 0 Å². The summed E-state index contributed by atoms with van der Waals surface area (Å²) >= 11 is 0. The smallest absolute Gasteiger partial charge is 0.338 e. The van der Waals surface area contributed by atoms with Crippen molar-refractivity contribution in [2.24, 2.45) is 5.92 Å². The highest BCUT2D eigenvalue weighted by Gasteiger charge is 2.32. The molecule has 0 unspecified atom stereocenters. The van der Waals surface area contributed by atoms with E-state index < -0.39 is 16.0 Å². The average molecular weight is 462 g/mol. The first-order valence-corrected chi connectivity index (χ1v) is 12.0.